The van der Waals surface area contributed by atoms with Crippen LogP contribution in [0.4, 0.5) is 0 Å². The quantitative estimate of drug-likeness (QED) is 0.0261. The number of hydrogen-bond donors (Lipinski definition) is 0. The predicted molar refractivity (Wildman–Crippen MR) is 353 cm³/mol. The Morgan fingerprint density at radius 2 is 0.481 bits per heavy atom. The minimum atomic E-state index is -0.788. The highest BCUT2D eigenvalue weighted by Crippen LogP contribution is 2.15. The first-order valence-electron chi connectivity index (χ1n) is 33.7. The lowest BCUT2D eigenvalue weighted by molar-refractivity contribution is -0.167. The molecule has 460 valence electrons. The molecule has 0 aromatic carbocycles. The molecular weight excluding hydrogens is 997 g/mol. The van der Waals surface area contributed by atoms with Gasteiger partial charge in [-0.1, -0.05) is 296 Å². The van der Waals surface area contributed by atoms with Gasteiger partial charge < -0.3 is 14.2 Å². The molecular formula is C75H124O6. The smallest absolute Gasteiger partial charge is 0.306 e. The summed E-state index contributed by atoms with van der Waals surface area (Å²) in [6.07, 6.45) is 96.3. The first-order valence-corrected chi connectivity index (χ1v) is 33.7. The van der Waals surface area contributed by atoms with Crippen LogP contribution in [0, 0.1) is 0 Å². The first kappa shape index (κ1) is 76.5. The molecule has 6 nitrogen and oxygen atoms in total. The highest BCUT2D eigenvalue weighted by atomic mass is 16.6. The van der Waals surface area contributed by atoms with Gasteiger partial charge in [0.15, 0.2) is 6.10 Å². The molecule has 0 spiro atoms. The molecule has 1 unspecified atom stereocenters. The highest BCUT2D eigenvalue weighted by molar-refractivity contribution is 5.71. The van der Waals surface area contributed by atoms with Gasteiger partial charge in [-0.2, -0.15) is 0 Å². The van der Waals surface area contributed by atoms with E-state index in [1.807, 2.05) is 0 Å². The largest absolute Gasteiger partial charge is 0.462 e. The third kappa shape index (κ3) is 66.2. The predicted octanol–water partition coefficient (Wildman–Crippen LogP) is 23.3. The van der Waals surface area contributed by atoms with E-state index in [-0.39, 0.29) is 31.1 Å². The number of esters is 3. The number of carbonyl (C=O) groups excluding carboxylic acids is 3. The second-order valence-electron chi connectivity index (χ2n) is 22.0. The Labute approximate surface area is 500 Å². The molecule has 0 aliphatic rings. The fourth-order valence-electron chi connectivity index (χ4n) is 9.11. The number of allylic oxidation sites excluding steroid dienone is 22. The summed E-state index contributed by atoms with van der Waals surface area (Å²) in [6, 6.07) is 0. The van der Waals surface area contributed by atoms with Crippen LogP contribution < -0.4 is 0 Å². The Morgan fingerprint density at radius 3 is 0.753 bits per heavy atom. The molecule has 0 fully saturated rings. The maximum absolute atomic E-state index is 12.9. The Kier molecular flexibility index (Phi) is 64.3. The molecule has 6 heteroatoms. The van der Waals surface area contributed by atoms with E-state index in [1.165, 1.54) is 128 Å². The van der Waals surface area contributed by atoms with Gasteiger partial charge in [0.05, 0.1) is 0 Å². The molecule has 0 saturated carbocycles. The van der Waals surface area contributed by atoms with Crippen LogP contribution in [-0.4, -0.2) is 37.2 Å². The maximum Gasteiger partial charge on any atom is 0.306 e. The van der Waals surface area contributed by atoms with Crippen molar-refractivity contribution in [3.63, 3.8) is 0 Å². The molecule has 0 saturated heterocycles. The van der Waals surface area contributed by atoms with E-state index in [0.717, 1.165) is 135 Å². The van der Waals surface area contributed by atoms with Crippen LogP contribution in [0.3, 0.4) is 0 Å². The van der Waals surface area contributed by atoms with E-state index in [0.29, 0.717) is 19.3 Å². The van der Waals surface area contributed by atoms with Crippen LogP contribution in [0.1, 0.15) is 303 Å². The summed E-state index contributed by atoms with van der Waals surface area (Å²) in [5.41, 5.74) is 0. The van der Waals surface area contributed by atoms with Crippen LogP contribution in [0.5, 0.6) is 0 Å². The SMILES string of the molecule is CC/C=C\C/C=C\C/C=C\C/C=C\C/C=C\C/C=C\C/C=C\C/C=C\CCCCCCCCCCCCC(=O)OCC(COC(=O)CCCCCCCCC)OC(=O)CCCCCCCC/C=C\C/C=C\C/C=C\CCCCCCC. The Morgan fingerprint density at radius 1 is 0.259 bits per heavy atom. The molecule has 81 heavy (non-hydrogen) atoms. The Hall–Kier alpha value is -4.45. The van der Waals surface area contributed by atoms with Gasteiger partial charge in [-0.3, -0.25) is 14.4 Å². The fourth-order valence-corrected chi connectivity index (χ4v) is 9.11. The molecule has 0 aromatic rings. The van der Waals surface area contributed by atoms with Crippen LogP contribution in [0.25, 0.3) is 0 Å². The summed E-state index contributed by atoms with van der Waals surface area (Å²) >= 11 is 0. The number of unbranched alkanes of at least 4 members (excludes halogenated alkanes) is 27. The van der Waals surface area contributed by atoms with Gasteiger partial charge in [-0.25, -0.2) is 0 Å². The van der Waals surface area contributed by atoms with Crippen molar-refractivity contribution in [2.45, 2.75) is 309 Å². The van der Waals surface area contributed by atoms with Gasteiger partial charge in [-0.15, -0.1) is 0 Å². The summed E-state index contributed by atoms with van der Waals surface area (Å²) in [5.74, 6) is -0.906. The minimum absolute atomic E-state index is 0.0854. The van der Waals surface area contributed by atoms with Crippen LogP contribution in [-0.2, 0) is 28.6 Å². The molecule has 0 aromatic heterocycles. The van der Waals surface area contributed by atoms with E-state index in [4.69, 9.17) is 14.2 Å². The van der Waals surface area contributed by atoms with Gasteiger partial charge in [-0.05, 0) is 122 Å². The molecule has 0 radical (unpaired) electrons. The van der Waals surface area contributed by atoms with Crippen molar-refractivity contribution in [3.05, 3.63) is 134 Å². The average molecular weight is 1120 g/mol. The summed E-state index contributed by atoms with van der Waals surface area (Å²) in [5, 5.41) is 0. The molecule has 0 amide bonds. The van der Waals surface area contributed by atoms with Crippen LogP contribution in [0.15, 0.2) is 134 Å². The van der Waals surface area contributed by atoms with Crippen molar-refractivity contribution in [2.75, 3.05) is 13.2 Å². The van der Waals surface area contributed by atoms with Crippen molar-refractivity contribution >= 4 is 17.9 Å². The van der Waals surface area contributed by atoms with Crippen molar-refractivity contribution in [1.29, 1.82) is 0 Å². The third-order valence-corrected chi connectivity index (χ3v) is 14.1. The highest BCUT2D eigenvalue weighted by Gasteiger charge is 2.19. The second-order valence-corrected chi connectivity index (χ2v) is 22.0. The zero-order valence-electron chi connectivity index (χ0n) is 52.8. The molecule has 0 heterocycles. The molecule has 0 N–H and O–H groups in total. The van der Waals surface area contributed by atoms with Gasteiger partial charge in [0, 0.05) is 19.3 Å². The molecule has 0 aliphatic carbocycles. The second kappa shape index (κ2) is 68.1. The van der Waals surface area contributed by atoms with Crippen molar-refractivity contribution in [1.82, 2.24) is 0 Å². The molecule has 0 aliphatic heterocycles. The molecule has 0 rings (SSSR count). The summed E-state index contributed by atoms with van der Waals surface area (Å²) in [7, 11) is 0. The van der Waals surface area contributed by atoms with Gasteiger partial charge in [0.2, 0.25) is 0 Å². The Balaban J connectivity index is 4.14. The van der Waals surface area contributed by atoms with Crippen molar-refractivity contribution < 1.29 is 28.6 Å². The number of rotatable bonds is 60. The maximum atomic E-state index is 12.9. The number of ether oxygens (including phenoxy) is 3. The summed E-state index contributed by atoms with van der Waals surface area (Å²) in [6.45, 7) is 6.47. The van der Waals surface area contributed by atoms with Crippen LogP contribution in [0.2, 0.25) is 0 Å². The first-order chi connectivity index (χ1) is 40.0. The molecule has 0 bridgehead atoms. The van der Waals surface area contributed by atoms with E-state index >= 15 is 0 Å². The van der Waals surface area contributed by atoms with E-state index in [9.17, 15) is 14.4 Å². The van der Waals surface area contributed by atoms with Crippen molar-refractivity contribution in [2.24, 2.45) is 0 Å². The van der Waals surface area contributed by atoms with E-state index in [2.05, 4.69) is 154 Å². The third-order valence-electron chi connectivity index (χ3n) is 14.1. The zero-order valence-corrected chi connectivity index (χ0v) is 52.8. The minimum Gasteiger partial charge on any atom is -0.462 e. The van der Waals surface area contributed by atoms with Crippen LogP contribution >= 0.6 is 0 Å². The van der Waals surface area contributed by atoms with Gasteiger partial charge >= 0.3 is 17.9 Å². The van der Waals surface area contributed by atoms with Gasteiger partial charge in [0.1, 0.15) is 13.2 Å². The van der Waals surface area contributed by atoms with Crippen molar-refractivity contribution in [3.8, 4) is 0 Å². The topological polar surface area (TPSA) is 78.9 Å². The lowest BCUT2D eigenvalue weighted by atomic mass is 10.1. The normalized spacial score (nSPS) is 13.0. The van der Waals surface area contributed by atoms with E-state index < -0.39 is 6.10 Å². The number of hydrogen-bond acceptors (Lipinski definition) is 6. The molecule has 1 atom stereocenters. The standard InChI is InChI=1S/C75H124O6/c1-4-7-10-13-16-18-20-22-24-26-28-30-31-32-33-34-35-36-37-38-39-40-41-42-43-45-46-48-50-52-54-56-59-62-65-68-74(77)80-71-72(70-79-73(76)67-64-61-58-15-12-9-6-3)81-75(78)69-66-63-60-57-55-53-51-49-47-44-29-27-25-23-21-19-17-14-11-8-5-2/h7,10,16,18,21-24,27-30,32-33,35-36,38-39,41-42,47,49,72H,4-6,8-9,11-15,17,19-20,25-26,31,34,37,40,43-46,48,50-71H2,1-3H3/b10-7-,18-16-,23-21-,24-22-,29-27-,30-28-,33-32-,36-35-,39-38-,42-41-,49-47-. The number of carbonyl (C=O) groups is 3. The monoisotopic (exact) mass is 1120 g/mol. The van der Waals surface area contributed by atoms with E-state index in [1.54, 1.807) is 0 Å². The lowest BCUT2D eigenvalue weighted by Crippen LogP contribution is -2.30. The van der Waals surface area contributed by atoms with Gasteiger partial charge in [0.25, 0.3) is 0 Å². The zero-order chi connectivity index (χ0) is 58.5. The lowest BCUT2D eigenvalue weighted by Gasteiger charge is -2.18. The summed E-state index contributed by atoms with van der Waals surface area (Å²) < 4.78 is 16.8. The average Bonchev–Trinajstić information content (AvgIpc) is 3.47. The fraction of sp³-hybridized carbons (Fsp3) is 0.667. The summed E-state index contributed by atoms with van der Waals surface area (Å²) in [4.78, 5) is 38.1. The Bertz CT molecular complexity index is 1720.